The number of aryl methyl sites for hydroxylation is 1. The first-order chi connectivity index (χ1) is 11.3. The fraction of sp³-hybridized carbons (Fsp3) is 0.353. The summed E-state index contributed by atoms with van der Waals surface area (Å²) in [6.45, 7) is 4.88. The van der Waals surface area contributed by atoms with Gasteiger partial charge in [-0.2, -0.15) is 0 Å². The Kier molecular flexibility index (Phi) is 5.23. The zero-order valence-corrected chi connectivity index (χ0v) is 13.9. The third-order valence-electron chi connectivity index (χ3n) is 3.52. The molecule has 0 saturated carbocycles. The number of fused-ring (bicyclic) bond motifs is 1. The standard InChI is InChI=1S/C17H19NO6/c1-9-7-15(19)24-14-8-12(5-6-13(9)14)23-11(3)16(20)18-10(2)17(21)22-4/h5-8,10-11H,1-4H3,(H,18,20)/t10-,11+/m0/s1. The van der Waals surface area contributed by atoms with Crippen LogP contribution in [0.2, 0.25) is 0 Å². The van der Waals surface area contributed by atoms with Crippen LogP contribution in [0.25, 0.3) is 11.0 Å². The zero-order chi connectivity index (χ0) is 17.9. The van der Waals surface area contributed by atoms with Crippen LogP contribution in [0.1, 0.15) is 19.4 Å². The maximum atomic E-state index is 12.0. The molecular weight excluding hydrogens is 314 g/mol. The monoisotopic (exact) mass is 333 g/mol. The minimum absolute atomic E-state index is 0.379. The highest BCUT2D eigenvalue weighted by atomic mass is 16.5. The van der Waals surface area contributed by atoms with Crippen molar-refractivity contribution in [2.45, 2.75) is 32.9 Å². The van der Waals surface area contributed by atoms with Gasteiger partial charge in [0, 0.05) is 17.5 Å². The van der Waals surface area contributed by atoms with Crippen LogP contribution in [0.15, 0.2) is 33.5 Å². The normalized spacial score (nSPS) is 13.2. The van der Waals surface area contributed by atoms with Crippen molar-refractivity contribution in [1.82, 2.24) is 5.32 Å². The molecule has 1 amide bonds. The van der Waals surface area contributed by atoms with Crippen molar-refractivity contribution >= 4 is 22.8 Å². The molecule has 7 nitrogen and oxygen atoms in total. The highest BCUT2D eigenvalue weighted by molar-refractivity contribution is 5.87. The van der Waals surface area contributed by atoms with Crippen LogP contribution in [0.3, 0.4) is 0 Å². The molecule has 7 heteroatoms. The second-order valence-corrected chi connectivity index (χ2v) is 5.42. The molecule has 2 atom stereocenters. The summed E-state index contributed by atoms with van der Waals surface area (Å²) in [4.78, 5) is 34.8. The van der Waals surface area contributed by atoms with Crippen LogP contribution >= 0.6 is 0 Å². The molecule has 0 saturated heterocycles. The highest BCUT2D eigenvalue weighted by Crippen LogP contribution is 2.23. The van der Waals surface area contributed by atoms with Gasteiger partial charge in [-0.1, -0.05) is 0 Å². The Labute approximate surface area is 138 Å². The summed E-state index contributed by atoms with van der Waals surface area (Å²) in [5, 5.41) is 3.28. The summed E-state index contributed by atoms with van der Waals surface area (Å²) in [5.41, 5.74) is 0.730. The maximum Gasteiger partial charge on any atom is 0.336 e. The molecule has 0 fully saturated rings. The lowest BCUT2D eigenvalue weighted by Gasteiger charge is -2.17. The fourth-order valence-corrected chi connectivity index (χ4v) is 2.20. The van der Waals surface area contributed by atoms with E-state index in [9.17, 15) is 14.4 Å². The van der Waals surface area contributed by atoms with E-state index in [1.807, 2.05) is 6.92 Å². The Morgan fingerprint density at radius 3 is 2.58 bits per heavy atom. The molecule has 1 aromatic heterocycles. The molecule has 0 spiro atoms. The number of carbonyl (C=O) groups is 2. The predicted molar refractivity (Wildman–Crippen MR) is 86.9 cm³/mol. The molecule has 0 unspecified atom stereocenters. The second kappa shape index (κ2) is 7.16. The summed E-state index contributed by atoms with van der Waals surface area (Å²) in [5.74, 6) is -0.623. The molecule has 0 radical (unpaired) electrons. The van der Waals surface area contributed by atoms with E-state index in [1.165, 1.54) is 20.1 Å². The van der Waals surface area contributed by atoms with Gasteiger partial charge in [0.15, 0.2) is 6.10 Å². The van der Waals surface area contributed by atoms with E-state index in [1.54, 1.807) is 25.1 Å². The Bertz CT molecular complexity index is 825. The molecule has 2 rings (SSSR count). The second-order valence-electron chi connectivity index (χ2n) is 5.42. The van der Waals surface area contributed by atoms with E-state index in [4.69, 9.17) is 9.15 Å². The number of nitrogens with one attached hydrogen (secondary N) is 1. The number of hydrogen-bond acceptors (Lipinski definition) is 6. The van der Waals surface area contributed by atoms with Gasteiger partial charge in [0.2, 0.25) is 0 Å². The molecular formula is C17H19NO6. The fourth-order valence-electron chi connectivity index (χ4n) is 2.20. The van der Waals surface area contributed by atoms with E-state index in [-0.39, 0.29) is 0 Å². The number of ether oxygens (including phenoxy) is 2. The molecule has 128 valence electrons. The summed E-state index contributed by atoms with van der Waals surface area (Å²) in [6.07, 6.45) is -0.842. The smallest absolute Gasteiger partial charge is 0.336 e. The molecule has 1 N–H and O–H groups in total. The van der Waals surface area contributed by atoms with Gasteiger partial charge in [-0.05, 0) is 38.5 Å². The van der Waals surface area contributed by atoms with Crippen LogP contribution in [0.4, 0.5) is 0 Å². The van der Waals surface area contributed by atoms with E-state index in [0.717, 1.165) is 10.9 Å². The van der Waals surface area contributed by atoms with Gasteiger partial charge in [-0.15, -0.1) is 0 Å². The molecule has 0 bridgehead atoms. The lowest BCUT2D eigenvalue weighted by Crippen LogP contribution is -2.45. The van der Waals surface area contributed by atoms with E-state index in [0.29, 0.717) is 11.3 Å². The van der Waals surface area contributed by atoms with Crippen LogP contribution < -0.4 is 15.7 Å². The van der Waals surface area contributed by atoms with Crippen LogP contribution in [0.5, 0.6) is 5.75 Å². The zero-order valence-electron chi connectivity index (χ0n) is 13.9. The van der Waals surface area contributed by atoms with Crippen molar-refractivity contribution in [2.24, 2.45) is 0 Å². The minimum Gasteiger partial charge on any atom is -0.481 e. The molecule has 2 aromatic rings. The number of rotatable bonds is 5. The number of amides is 1. The van der Waals surface area contributed by atoms with Gasteiger partial charge in [-0.25, -0.2) is 9.59 Å². The molecule has 0 aliphatic carbocycles. The average Bonchev–Trinajstić information content (AvgIpc) is 2.53. The van der Waals surface area contributed by atoms with Gasteiger partial charge >= 0.3 is 11.6 Å². The summed E-state index contributed by atoms with van der Waals surface area (Å²) >= 11 is 0. The van der Waals surface area contributed by atoms with Crippen molar-refractivity contribution in [3.8, 4) is 5.75 Å². The summed E-state index contributed by atoms with van der Waals surface area (Å²) < 4.78 is 15.2. The van der Waals surface area contributed by atoms with Gasteiger partial charge in [0.1, 0.15) is 17.4 Å². The lowest BCUT2D eigenvalue weighted by atomic mass is 10.1. The predicted octanol–water partition coefficient (Wildman–Crippen LogP) is 1.55. The highest BCUT2D eigenvalue weighted by Gasteiger charge is 2.21. The van der Waals surface area contributed by atoms with E-state index < -0.39 is 29.6 Å². The van der Waals surface area contributed by atoms with E-state index >= 15 is 0 Å². The van der Waals surface area contributed by atoms with Crippen LogP contribution in [0, 0.1) is 6.92 Å². The number of methoxy groups -OCH3 is 1. The Morgan fingerprint density at radius 1 is 1.21 bits per heavy atom. The Morgan fingerprint density at radius 2 is 1.92 bits per heavy atom. The summed E-state index contributed by atoms with van der Waals surface area (Å²) in [6, 6.07) is 5.63. The third-order valence-corrected chi connectivity index (χ3v) is 3.52. The largest absolute Gasteiger partial charge is 0.481 e. The van der Waals surface area contributed by atoms with Gasteiger partial charge in [0.25, 0.3) is 5.91 Å². The quantitative estimate of drug-likeness (QED) is 0.659. The number of benzene rings is 1. The average molecular weight is 333 g/mol. The van der Waals surface area contributed by atoms with Crippen molar-refractivity contribution in [2.75, 3.05) is 7.11 Å². The minimum atomic E-state index is -0.842. The SMILES string of the molecule is COC(=O)[C@H](C)NC(=O)[C@@H](C)Oc1ccc2c(C)cc(=O)oc2c1. The van der Waals surface area contributed by atoms with Gasteiger partial charge in [0.05, 0.1) is 7.11 Å². The van der Waals surface area contributed by atoms with Crippen molar-refractivity contribution in [1.29, 1.82) is 0 Å². The van der Waals surface area contributed by atoms with Crippen molar-refractivity contribution < 1.29 is 23.5 Å². The molecule has 0 aliphatic rings. The van der Waals surface area contributed by atoms with Gasteiger partial charge in [-0.3, -0.25) is 4.79 Å². The number of hydrogen-bond donors (Lipinski definition) is 1. The first-order valence-electron chi connectivity index (χ1n) is 7.41. The Balaban J connectivity index is 2.12. The van der Waals surface area contributed by atoms with Crippen molar-refractivity contribution in [3.05, 3.63) is 40.2 Å². The van der Waals surface area contributed by atoms with Crippen LogP contribution in [-0.2, 0) is 14.3 Å². The van der Waals surface area contributed by atoms with Crippen LogP contribution in [-0.4, -0.2) is 31.1 Å². The molecule has 1 aromatic carbocycles. The topological polar surface area (TPSA) is 94.8 Å². The summed E-state index contributed by atoms with van der Waals surface area (Å²) in [7, 11) is 1.25. The number of carbonyl (C=O) groups excluding carboxylic acids is 2. The van der Waals surface area contributed by atoms with Crippen molar-refractivity contribution in [3.63, 3.8) is 0 Å². The lowest BCUT2D eigenvalue weighted by molar-refractivity contribution is -0.145. The number of esters is 1. The first kappa shape index (κ1) is 17.5. The Hall–Kier alpha value is -2.83. The maximum absolute atomic E-state index is 12.0. The first-order valence-corrected chi connectivity index (χ1v) is 7.41. The molecule has 24 heavy (non-hydrogen) atoms. The third kappa shape index (κ3) is 3.92. The van der Waals surface area contributed by atoms with E-state index in [2.05, 4.69) is 10.1 Å². The molecule has 1 heterocycles. The van der Waals surface area contributed by atoms with Gasteiger partial charge < -0.3 is 19.2 Å². The molecule has 0 aliphatic heterocycles.